The first-order chi connectivity index (χ1) is 6.99. The lowest BCUT2D eigenvalue weighted by Gasteiger charge is -2.05. The molecule has 0 unspecified atom stereocenters. The monoisotopic (exact) mass is 229 g/mol. The van der Waals surface area contributed by atoms with Crippen LogP contribution >= 0.6 is 0 Å². The maximum absolute atomic E-state index is 11.4. The van der Waals surface area contributed by atoms with Crippen molar-refractivity contribution in [3.63, 3.8) is 0 Å². The number of nitrogens with one attached hydrogen (secondary N) is 1. The van der Waals surface area contributed by atoms with E-state index in [0.717, 1.165) is 12.1 Å². The van der Waals surface area contributed by atoms with Gasteiger partial charge in [0.25, 0.3) is 10.0 Å². The van der Waals surface area contributed by atoms with Crippen LogP contribution in [0.4, 0.5) is 0 Å². The number of benzene rings is 1. The number of hydrogen-bond acceptors (Lipinski definition) is 4. The van der Waals surface area contributed by atoms with E-state index in [1.54, 1.807) is 4.72 Å². The zero-order valence-electron chi connectivity index (χ0n) is 7.38. The fourth-order valence-corrected chi connectivity index (χ4v) is 1.96. The Morgan fingerprint density at radius 2 is 1.93 bits per heavy atom. The molecule has 1 rings (SSSR count). The van der Waals surface area contributed by atoms with E-state index in [0.29, 0.717) is 0 Å². The second kappa shape index (κ2) is 4.09. The van der Waals surface area contributed by atoms with Crippen molar-refractivity contribution >= 4 is 22.4 Å². The summed E-state index contributed by atoms with van der Waals surface area (Å²) in [6.07, 6.45) is -0.0199. The van der Waals surface area contributed by atoms with E-state index in [2.05, 4.69) is 0 Å². The summed E-state index contributed by atoms with van der Waals surface area (Å²) in [5.41, 5.74) is -0.383. The van der Waals surface area contributed by atoms with Crippen LogP contribution in [0, 0.1) is 0 Å². The highest BCUT2D eigenvalue weighted by Gasteiger charge is 2.20. The SMILES string of the molecule is O=CNS(=O)(=O)c1ccccc1C(=O)O. The molecule has 0 aliphatic heterocycles. The second-order valence-electron chi connectivity index (χ2n) is 2.54. The van der Waals surface area contributed by atoms with E-state index < -0.39 is 20.9 Å². The highest BCUT2D eigenvalue weighted by atomic mass is 32.2. The summed E-state index contributed by atoms with van der Waals surface area (Å²) in [5, 5.41) is 8.72. The molecule has 1 aromatic carbocycles. The number of hydrogen-bond donors (Lipinski definition) is 2. The highest BCUT2D eigenvalue weighted by molar-refractivity contribution is 7.90. The molecule has 0 heterocycles. The number of amides is 1. The summed E-state index contributed by atoms with van der Waals surface area (Å²) in [4.78, 5) is 20.3. The lowest BCUT2D eigenvalue weighted by Crippen LogP contribution is -2.23. The molecule has 15 heavy (non-hydrogen) atoms. The van der Waals surface area contributed by atoms with Crippen LogP contribution < -0.4 is 4.72 Å². The van der Waals surface area contributed by atoms with Crippen LogP contribution in [0.25, 0.3) is 0 Å². The molecule has 2 N–H and O–H groups in total. The maximum atomic E-state index is 11.4. The van der Waals surface area contributed by atoms with Crippen LogP contribution in [-0.4, -0.2) is 25.9 Å². The van der Waals surface area contributed by atoms with E-state index >= 15 is 0 Å². The predicted molar refractivity (Wildman–Crippen MR) is 49.8 cm³/mol. The van der Waals surface area contributed by atoms with Gasteiger partial charge >= 0.3 is 5.97 Å². The van der Waals surface area contributed by atoms with E-state index in [1.807, 2.05) is 0 Å². The molecule has 0 saturated heterocycles. The zero-order valence-corrected chi connectivity index (χ0v) is 8.19. The van der Waals surface area contributed by atoms with Crippen molar-refractivity contribution in [1.29, 1.82) is 0 Å². The van der Waals surface area contributed by atoms with Gasteiger partial charge in [-0.25, -0.2) is 13.2 Å². The van der Waals surface area contributed by atoms with Crippen molar-refractivity contribution in [2.24, 2.45) is 0 Å². The molecule has 1 aromatic rings. The quantitative estimate of drug-likeness (QED) is 0.697. The number of carboxylic acid groups (broad SMARTS) is 1. The summed E-state index contributed by atoms with van der Waals surface area (Å²) in [7, 11) is -4.08. The van der Waals surface area contributed by atoms with Gasteiger partial charge < -0.3 is 5.11 Å². The van der Waals surface area contributed by atoms with Crippen molar-refractivity contribution in [1.82, 2.24) is 4.72 Å². The largest absolute Gasteiger partial charge is 0.478 e. The van der Waals surface area contributed by atoms with E-state index in [-0.39, 0.29) is 12.0 Å². The molecule has 0 fully saturated rings. The summed E-state index contributed by atoms with van der Waals surface area (Å²) in [6.45, 7) is 0. The fourth-order valence-electron chi connectivity index (χ4n) is 1.00. The Morgan fingerprint density at radius 3 is 2.47 bits per heavy atom. The third-order valence-corrected chi connectivity index (χ3v) is 2.95. The van der Waals surface area contributed by atoms with Gasteiger partial charge in [0.15, 0.2) is 0 Å². The Bertz CT molecular complexity index is 494. The van der Waals surface area contributed by atoms with Crippen LogP contribution in [-0.2, 0) is 14.8 Å². The van der Waals surface area contributed by atoms with Crippen LogP contribution in [0.1, 0.15) is 10.4 Å². The van der Waals surface area contributed by atoms with Crippen LogP contribution in [0.3, 0.4) is 0 Å². The first kappa shape index (κ1) is 11.2. The van der Waals surface area contributed by atoms with Gasteiger partial charge in [-0.1, -0.05) is 12.1 Å². The average molecular weight is 229 g/mol. The smallest absolute Gasteiger partial charge is 0.337 e. The normalized spacial score (nSPS) is 10.7. The number of rotatable bonds is 4. The number of carbonyl (C=O) groups is 2. The Morgan fingerprint density at radius 1 is 1.33 bits per heavy atom. The second-order valence-corrected chi connectivity index (χ2v) is 4.22. The average Bonchev–Trinajstić information content (AvgIpc) is 2.17. The first-order valence-electron chi connectivity index (χ1n) is 3.77. The summed E-state index contributed by atoms with van der Waals surface area (Å²) in [6, 6.07) is 5.01. The molecular weight excluding hydrogens is 222 g/mol. The summed E-state index contributed by atoms with van der Waals surface area (Å²) >= 11 is 0. The van der Waals surface area contributed by atoms with Crippen LogP contribution in [0.5, 0.6) is 0 Å². The minimum absolute atomic E-state index is 0.0199. The summed E-state index contributed by atoms with van der Waals surface area (Å²) in [5.74, 6) is -1.37. The van der Waals surface area contributed by atoms with E-state index in [1.165, 1.54) is 12.1 Å². The molecule has 0 saturated carbocycles. The third kappa shape index (κ3) is 2.32. The molecule has 0 aliphatic carbocycles. The molecule has 0 bridgehead atoms. The Labute approximate surface area is 85.6 Å². The third-order valence-electron chi connectivity index (χ3n) is 1.61. The van der Waals surface area contributed by atoms with Crippen molar-refractivity contribution in [2.45, 2.75) is 4.90 Å². The first-order valence-corrected chi connectivity index (χ1v) is 5.25. The van der Waals surface area contributed by atoms with Gasteiger partial charge in [0.1, 0.15) is 4.90 Å². The maximum Gasteiger partial charge on any atom is 0.337 e. The molecule has 6 nitrogen and oxygen atoms in total. The summed E-state index contributed by atoms with van der Waals surface area (Å²) < 4.78 is 24.3. The number of aromatic carboxylic acids is 1. The van der Waals surface area contributed by atoms with Gasteiger partial charge in [-0.15, -0.1) is 0 Å². The standard InChI is InChI=1S/C8H7NO5S/c10-5-9-15(13,14)7-4-2-1-3-6(7)8(11)12/h1-5H,(H,9,10)(H,11,12). The van der Waals surface area contributed by atoms with Gasteiger partial charge in [-0.05, 0) is 12.1 Å². The van der Waals surface area contributed by atoms with Crippen molar-refractivity contribution in [2.75, 3.05) is 0 Å². The molecule has 1 amide bonds. The van der Waals surface area contributed by atoms with Crippen LogP contribution in [0.15, 0.2) is 29.2 Å². The van der Waals surface area contributed by atoms with Crippen molar-refractivity contribution in [3.8, 4) is 0 Å². The molecule has 0 aromatic heterocycles. The van der Waals surface area contributed by atoms with Gasteiger partial charge in [0, 0.05) is 0 Å². The number of sulfonamides is 1. The van der Waals surface area contributed by atoms with Gasteiger partial charge in [0.05, 0.1) is 5.56 Å². The molecule has 0 atom stereocenters. The van der Waals surface area contributed by atoms with Crippen LogP contribution in [0.2, 0.25) is 0 Å². The molecular formula is C8H7NO5S. The molecule has 0 aliphatic rings. The molecule has 80 valence electrons. The Hall–Kier alpha value is -1.89. The van der Waals surface area contributed by atoms with Gasteiger partial charge in [-0.3, -0.25) is 9.52 Å². The lowest BCUT2D eigenvalue weighted by atomic mass is 10.2. The van der Waals surface area contributed by atoms with Crippen molar-refractivity contribution < 1.29 is 23.1 Å². The fraction of sp³-hybridized carbons (Fsp3) is 0. The number of carboxylic acids is 1. The number of carbonyl (C=O) groups excluding carboxylic acids is 1. The van der Waals surface area contributed by atoms with Crippen molar-refractivity contribution in [3.05, 3.63) is 29.8 Å². The van der Waals surface area contributed by atoms with E-state index in [9.17, 15) is 18.0 Å². The van der Waals surface area contributed by atoms with Gasteiger partial charge in [0.2, 0.25) is 6.41 Å². The van der Waals surface area contributed by atoms with E-state index in [4.69, 9.17) is 5.11 Å². The molecule has 0 spiro atoms. The molecule has 7 heteroatoms. The predicted octanol–water partition coefficient (Wildman–Crippen LogP) is -0.181. The minimum Gasteiger partial charge on any atom is -0.478 e. The Balaban J connectivity index is 3.37. The Kier molecular flexibility index (Phi) is 3.05. The lowest BCUT2D eigenvalue weighted by molar-refractivity contribution is -0.108. The van der Waals surface area contributed by atoms with Gasteiger partial charge in [-0.2, -0.15) is 0 Å². The zero-order chi connectivity index (χ0) is 11.5. The highest BCUT2D eigenvalue weighted by Crippen LogP contribution is 2.14. The molecule has 0 radical (unpaired) electrons. The minimum atomic E-state index is -4.08. The topological polar surface area (TPSA) is 101 Å².